The van der Waals surface area contributed by atoms with Gasteiger partial charge in [-0.15, -0.1) is 0 Å². The highest BCUT2D eigenvalue weighted by molar-refractivity contribution is 7.92. The molecule has 4 rings (SSSR count). The number of carbonyl (C=O) groups is 1. The number of benzene rings is 1. The van der Waals surface area contributed by atoms with Crippen LogP contribution < -0.4 is 5.32 Å². The first-order valence-corrected chi connectivity index (χ1v) is 12.9. The fourth-order valence-corrected chi connectivity index (χ4v) is 6.59. The minimum Gasteiger partial charge on any atom is -0.381 e. The molecule has 2 aliphatic rings. The lowest BCUT2D eigenvalue weighted by Gasteiger charge is -2.19. The van der Waals surface area contributed by atoms with E-state index in [0.29, 0.717) is 31.0 Å². The predicted octanol–water partition coefficient (Wildman–Crippen LogP) is 4.53. The fourth-order valence-electron chi connectivity index (χ4n) is 4.59. The number of nitrogens with zero attached hydrogens (tertiary/aromatic N) is 2. The average molecular weight is 562 g/mol. The molecule has 0 bridgehead atoms. The van der Waals surface area contributed by atoms with Gasteiger partial charge in [0, 0.05) is 13.3 Å². The molecule has 1 aromatic heterocycles. The van der Waals surface area contributed by atoms with Gasteiger partial charge < -0.3 is 10.1 Å². The van der Waals surface area contributed by atoms with Crippen molar-refractivity contribution in [1.29, 1.82) is 5.26 Å². The Morgan fingerprint density at radius 2 is 1.74 bits per heavy atom. The molecule has 2 aromatic rings. The molecule has 14 heteroatoms. The van der Waals surface area contributed by atoms with Gasteiger partial charge in [-0.1, -0.05) is 6.07 Å². The summed E-state index contributed by atoms with van der Waals surface area (Å²) in [7, 11) is -3.42. The largest absolute Gasteiger partial charge is 0.433 e. The number of methoxy groups -OCH3 is 1. The van der Waals surface area contributed by atoms with E-state index in [1.54, 1.807) is 0 Å². The summed E-state index contributed by atoms with van der Waals surface area (Å²) >= 11 is 0. The van der Waals surface area contributed by atoms with Gasteiger partial charge in [-0.3, -0.25) is 9.78 Å². The van der Waals surface area contributed by atoms with E-state index in [-0.39, 0.29) is 24.0 Å². The Bertz CT molecular complexity index is 1400. The van der Waals surface area contributed by atoms with Crippen molar-refractivity contribution in [3.63, 3.8) is 0 Å². The van der Waals surface area contributed by atoms with E-state index in [0.717, 1.165) is 18.3 Å². The topological polar surface area (TPSA) is 109 Å². The van der Waals surface area contributed by atoms with Crippen LogP contribution in [0.5, 0.6) is 0 Å². The molecular formula is C24H21F6N3O4S. The Balaban J connectivity index is 1.68. The van der Waals surface area contributed by atoms with Gasteiger partial charge in [0.05, 0.1) is 33.8 Å². The van der Waals surface area contributed by atoms with Crippen LogP contribution in [0.25, 0.3) is 11.1 Å². The van der Waals surface area contributed by atoms with Crippen LogP contribution in [0.3, 0.4) is 0 Å². The molecular weight excluding hydrogens is 540 g/mol. The number of hydrogen-bond donors (Lipinski definition) is 1. The number of nitriles is 1. The minimum atomic E-state index is -5.15. The van der Waals surface area contributed by atoms with Crippen molar-refractivity contribution in [1.82, 2.24) is 10.3 Å². The van der Waals surface area contributed by atoms with Gasteiger partial charge in [0.2, 0.25) is 5.91 Å². The summed E-state index contributed by atoms with van der Waals surface area (Å²) in [6.45, 7) is 0. The third kappa shape index (κ3) is 5.35. The molecule has 2 saturated carbocycles. The number of hydrogen-bond acceptors (Lipinski definition) is 6. The van der Waals surface area contributed by atoms with Gasteiger partial charge in [-0.2, -0.15) is 31.6 Å². The quantitative estimate of drug-likeness (QED) is 0.520. The van der Waals surface area contributed by atoms with E-state index in [4.69, 9.17) is 4.74 Å². The lowest BCUT2D eigenvalue weighted by molar-refractivity contribution is -0.141. The molecule has 3 atom stereocenters. The monoisotopic (exact) mass is 561 g/mol. The van der Waals surface area contributed by atoms with Crippen molar-refractivity contribution < 1.29 is 44.3 Å². The molecule has 204 valence electrons. The van der Waals surface area contributed by atoms with Gasteiger partial charge in [-0.05, 0) is 61.1 Å². The summed E-state index contributed by atoms with van der Waals surface area (Å²) in [4.78, 5) is 14.9. The second-order valence-corrected chi connectivity index (χ2v) is 11.5. The second kappa shape index (κ2) is 9.53. The Kier molecular flexibility index (Phi) is 6.98. The zero-order valence-corrected chi connectivity index (χ0v) is 20.5. The van der Waals surface area contributed by atoms with Crippen LogP contribution in [0.1, 0.15) is 36.9 Å². The smallest absolute Gasteiger partial charge is 0.381 e. The molecule has 1 N–H and O–H groups in total. The third-order valence-corrected chi connectivity index (χ3v) is 9.07. The van der Waals surface area contributed by atoms with Crippen molar-refractivity contribution in [2.75, 3.05) is 7.11 Å². The summed E-state index contributed by atoms with van der Waals surface area (Å²) < 4.78 is 113. The standard InChI is InChI=1S/C24H21F6N3O4S/c1-37-18-11-15(10-16(18)21(34)33-22(12-31)5-6-22)38(35,36)19-3-2-13(8-17(19)23(25,26)27)14-4-7-32-20(9-14)24(28,29)30/h2-4,7-9,15-16,18H,5-6,10-11H2,1H3,(H,33,34)/t15-,16-,18-/m1/s1. The first-order chi connectivity index (χ1) is 17.6. The fraction of sp³-hybridized carbons (Fsp3) is 0.458. The molecule has 1 aromatic carbocycles. The second-order valence-electron chi connectivity index (χ2n) is 9.34. The highest BCUT2D eigenvalue weighted by Gasteiger charge is 2.51. The van der Waals surface area contributed by atoms with Gasteiger partial charge in [0.1, 0.15) is 11.2 Å². The van der Waals surface area contributed by atoms with Crippen molar-refractivity contribution >= 4 is 15.7 Å². The number of sulfone groups is 1. The summed E-state index contributed by atoms with van der Waals surface area (Å²) in [5.74, 6) is -1.62. The Morgan fingerprint density at radius 3 is 2.29 bits per heavy atom. The van der Waals surface area contributed by atoms with Crippen LogP contribution in [0.4, 0.5) is 26.3 Å². The number of carbonyl (C=O) groups excluding carboxylic acids is 1. The summed E-state index contributed by atoms with van der Waals surface area (Å²) in [5.41, 5.74) is -4.39. The van der Waals surface area contributed by atoms with Crippen LogP contribution in [0.15, 0.2) is 41.4 Å². The van der Waals surface area contributed by atoms with Gasteiger partial charge in [0.25, 0.3) is 0 Å². The maximum absolute atomic E-state index is 14.0. The minimum absolute atomic E-state index is 0.231. The maximum Gasteiger partial charge on any atom is 0.433 e. The van der Waals surface area contributed by atoms with E-state index in [9.17, 15) is 44.8 Å². The van der Waals surface area contributed by atoms with Crippen molar-refractivity contribution in [3.8, 4) is 17.2 Å². The SMILES string of the molecule is CO[C@@H]1C[C@H](S(=O)(=O)c2ccc(-c3ccnc(C(F)(F)F)c3)cc2C(F)(F)F)C[C@H]1C(=O)NC1(C#N)CC1. The Morgan fingerprint density at radius 1 is 1.08 bits per heavy atom. The van der Waals surface area contributed by atoms with Crippen LogP contribution in [0, 0.1) is 17.2 Å². The van der Waals surface area contributed by atoms with Crippen molar-refractivity contribution in [3.05, 3.63) is 47.8 Å². The Hall–Kier alpha value is -3.18. The number of alkyl halides is 6. The van der Waals surface area contributed by atoms with E-state index in [1.165, 1.54) is 7.11 Å². The lowest BCUT2D eigenvalue weighted by Crippen LogP contribution is -2.42. The van der Waals surface area contributed by atoms with Crippen LogP contribution in [0.2, 0.25) is 0 Å². The van der Waals surface area contributed by atoms with Crippen LogP contribution in [-0.4, -0.2) is 43.3 Å². The number of nitrogens with one attached hydrogen (secondary N) is 1. The first-order valence-electron chi connectivity index (χ1n) is 11.4. The highest BCUT2D eigenvalue weighted by Crippen LogP contribution is 2.43. The first kappa shape index (κ1) is 27.8. The van der Waals surface area contributed by atoms with Crippen molar-refractivity contribution in [2.45, 2.75) is 59.8 Å². The van der Waals surface area contributed by atoms with Crippen molar-refractivity contribution in [2.24, 2.45) is 5.92 Å². The summed E-state index contributed by atoms with van der Waals surface area (Å²) in [6, 6.07) is 5.82. The number of amides is 1. The molecule has 0 saturated heterocycles. The predicted molar refractivity (Wildman–Crippen MR) is 120 cm³/mol. The van der Waals surface area contributed by atoms with E-state index in [1.807, 2.05) is 6.07 Å². The van der Waals surface area contributed by atoms with E-state index < -0.39 is 67.1 Å². The molecule has 1 heterocycles. The Labute approximate surface area is 213 Å². The van der Waals surface area contributed by atoms with Gasteiger partial charge >= 0.3 is 12.4 Å². The number of halogens is 6. The third-order valence-electron chi connectivity index (χ3n) is 6.84. The normalized spacial score (nSPS) is 23.1. The van der Waals surface area contributed by atoms with Gasteiger partial charge in [-0.25, -0.2) is 8.42 Å². The lowest BCUT2D eigenvalue weighted by atomic mass is 10.0. The van der Waals surface area contributed by atoms with E-state index in [2.05, 4.69) is 10.3 Å². The molecule has 2 aliphatic carbocycles. The van der Waals surface area contributed by atoms with Gasteiger partial charge in [0.15, 0.2) is 9.84 Å². The summed E-state index contributed by atoms with van der Waals surface area (Å²) in [6.07, 6.45) is -9.81. The highest BCUT2D eigenvalue weighted by atomic mass is 32.2. The number of ether oxygens (including phenoxy) is 1. The molecule has 7 nitrogen and oxygen atoms in total. The molecule has 2 fully saturated rings. The molecule has 1 amide bonds. The molecule has 0 radical (unpaired) electrons. The zero-order valence-electron chi connectivity index (χ0n) is 19.7. The maximum atomic E-state index is 14.0. The number of rotatable bonds is 6. The average Bonchev–Trinajstić information content (AvgIpc) is 3.48. The van der Waals surface area contributed by atoms with E-state index >= 15 is 0 Å². The molecule has 0 aliphatic heterocycles. The molecule has 0 unspecified atom stereocenters. The molecule has 38 heavy (non-hydrogen) atoms. The summed E-state index contributed by atoms with van der Waals surface area (Å²) in [5, 5.41) is 10.4. The zero-order chi connectivity index (χ0) is 28.1. The van der Waals surface area contributed by atoms with Crippen LogP contribution in [-0.2, 0) is 31.7 Å². The molecule has 0 spiro atoms. The van der Waals surface area contributed by atoms with Crippen LogP contribution >= 0.6 is 0 Å². The number of aromatic nitrogens is 1. The number of pyridine rings is 1.